The fourth-order valence-corrected chi connectivity index (χ4v) is 11.9. The van der Waals surface area contributed by atoms with Crippen molar-refractivity contribution in [1.29, 1.82) is 0 Å². The Morgan fingerprint density at radius 1 is 1.09 bits per heavy atom. The SMILES string of the molecule is CO[C@@H]1/C=C/C=C(\C)Cc2cc(C)c(Cl)c(c2)N(C)C(=O)C[C@H](OC(=O)[C@H](C)N(C)C(=O)CCSSC(C)(C)CC(=O)N/N=C(/C)c2ccc(OCCCC(=O)ON3C(=O)CCC3=O)nn2)[C@]2(C)O[C@H]2[C@H](C)[C@@H]2C[C@@]1(O)NC(=O)O2. The maximum absolute atomic E-state index is 14.3. The maximum Gasteiger partial charge on any atom is 0.409 e. The number of imide groups is 1. The van der Waals surface area contributed by atoms with Gasteiger partial charge >= 0.3 is 18.0 Å². The third kappa shape index (κ3) is 16.3. The normalized spacial score (nSPS) is 26.0. The van der Waals surface area contributed by atoms with Gasteiger partial charge in [0.05, 0.1) is 42.0 Å². The number of aromatic nitrogens is 2. The second kappa shape index (κ2) is 27.1. The molecule has 0 unspecified atom stereocenters. The molecular formula is C54H71ClN8O15S2. The van der Waals surface area contributed by atoms with Crippen LogP contribution < -0.4 is 20.4 Å². The number of alkyl carbamates (subject to hydrolysis) is 1. The highest BCUT2D eigenvalue weighted by Crippen LogP contribution is 2.49. The van der Waals surface area contributed by atoms with Gasteiger partial charge in [-0.1, -0.05) is 70.0 Å². The number of hydrogen-bond acceptors (Lipinski definition) is 20. The summed E-state index contributed by atoms with van der Waals surface area (Å²) < 4.78 is 28.8. The molecule has 6 amide bonds. The summed E-state index contributed by atoms with van der Waals surface area (Å²) in [6.07, 6.45) is 0.984. The predicted octanol–water partition coefficient (Wildman–Crippen LogP) is 5.85. The van der Waals surface area contributed by atoms with Crippen LogP contribution >= 0.6 is 33.2 Å². The topological polar surface area (TPSA) is 287 Å². The number of carbonyl (C=O) groups is 8. The van der Waals surface area contributed by atoms with E-state index in [4.69, 9.17) is 40.1 Å². The smallest absolute Gasteiger partial charge is 0.409 e. The molecule has 0 spiro atoms. The summed E-state index contributed by atoms with van der Waals surface area (Å²) in [7, 11) is 7.30. The highest BCUT2D eigenvalue weighted by atomic mass is 35.5. The minimum atomic E-state index is -1.86. The first-order chi connectivity index (χ1) is 37.6. The summed E-state index contributed by atoms with van der Waals surface area (Å²) in [6.45, 7) is 14.3. The summed E-state index contributed by atoms with van der Waals surface area (Å²) >= 11 is 6.84. The molecule has 3 saturated heterocycles. The van der Waals surface area contributed by atoms with E-state index in [0.717, 1.165) is 16.7 Å². The number of amides is 6. The van der Waals surface area contributed by atoms with Gasteiger partial charge in [0.25, 0.3) is 11.8 Å². The number of halogens is 1. The van der Waals surface area contributed by atoms with Gasteiger partial charge in [0.15, 0.2) is 5.72 Å². The lowest BCUT2D eigenvalue weighted by Gasteiger charge is -2.42. The van der Waals surface area contributed by atoms with Gasteiger partial charge in [-0.15, -0.1) is 15.3 Å². The summed E-state index contributed by atoms with van der Waals surface area (Å²) in [4.78, 5) is 111. The van der Waals surface area contributed by atoms with Crippen LogP contribution in [0.3, 0.4) is 0 Å². The molecule has 5 heterocycles. The van der Waals surface area contributed by atoms with E-state index >= 15 is 0 Å². The summed E-state index contributed by atoms with van der Waals surface area (Å²) in [5, 5.41) is 27.5. The van der Waals surface area contributed by atoms with E-state index in [1.807, 2.05) is 45.9 Å². The number of hydrogen-bond donors (Lipinski definition) is 3. The lowest BCUT2D eigenvalue weighted by Crippen LogP contribution is -2.63. The molecule has 436 valence electrons. The number of anilines is 1. The molecule has 0 radical (unpaired) electrons. The number of methoxy groups -OCH3 is 1. The van der Waals surface area contributed by atoms with Crippen molar-refractivity contribution >= 4 is 92.2 Å². The maximum atomic E-state index is 14.3. The number of nitrogens with zero attached hydrogens (tertiary/aromatic N) is 6. The second-order valence-electron chi connectivity index (χ2n) is 21.1. The van der Waals surface area contributed by atoms with E-state index in [1.54, 1.807) is 52.1 Å². The molecule has 4 bridgehead atoms. The average molecular weight is 1170 g/mol. The van der Waals surface area contributed by atoms with Crippen LogP contribution in [0.5, 0.6) is 5.88 Å². The molecule has 0 aliphatic carbocycles. The third-order valence-electron chi connectivity index (χ3n) is 14.1. The minimum absolute atomic E-state index is 0.00589. The number of hydroxylamine groups is 2. The Morgan fingerprint density at radius 2 is 1.80 bits per heavy atom. The van der Waals surface area contributed by atoms with Gasteiger partial charge in [0.2, 0.25) is 23.6 Å². The quantitative estimate of drug-likeness (QED) is 0.0283. The lowest BCUT2D eigenvalue weighted by molar-refractivity contribution is -0.197. The van der Waals surface area contributed by atoms with Crippen molar-refractivity contribution in [3.05, 3.63) is 69.9 Å². The molecule has 6 rings (SSSR count). The van der Waals surface area contributed by atoms with Crippen LogP contribution in [-0.2, 0) is 63.8 Å². The van der Waals surface area contributed by atoms with Crippen molar-refractivity contribution in [2.75, 3.05) is 38.5 Å². The molecule has 80 heavy (non-hydrogen) atoms. The van der Waals surface area contributed by atoms with Gasteiger partial charge < -0.3 is 43.4 Å². The van der Waals surface area contributed by atoms with Crippen LogP contribution in [0.15, 0.2) is 53.2 Å². The number of fused-ring (bicyclic) bond motifs is 5. The van der Waals surface area contributed by atoms with Crippen molar-refractivity contribution in [1.82, 2.24) is 30.9 Å². The fourth-order valence-electron chi connectivity index (χ4n) is 9.21. The molecular weight excluding hydrogens is 1100 g/mol. The zero-order chi connectivity index (χ0) is 58.9. The molecule has 1 aromatic carbocycles. The highest BCUT2D eigenvalue weighted by Gasteiger charge is 2.64. The van der Waals surface area contributed by atoms with E-state index < -0.39 is 88.2 Å². The Balaban J connectivity index is 1.01. The number of nitrogens with one attached hydrogen (secondary N) is 2. The molecule has 2 aromatic rings. The molecule has 26 heteroatoms. The third-order valence-corrected chi connectivity index (χ3v) is 17.9. The molecule has 4 aliphatic rings. The number of esters is 1. The number of allylic oxidation sites excluding steroid dienone is 3. The van der Waals surface area contributed by atoms with E-state index in [9.17, 15) is 43.5 Å². The Bertz CT molecular complexity index is 2770. The molecule has 3 fully saturated rings. The number of hydrazone groups is 1. The number of rotatable bonds is 19. The average Bonchev–Trinajstić information content (AvgIpc) is 4.01. The van der Waals surface area contributed by atoms with Crippen LogP contribution in [0.4, 0.5) is 10.5 Å². The summed E-state index contributed by atoms with van der Waals surface area (Å²) in [5.74, 6) is -3.84. The zero-order valence-corrected chi connectivity index (χ0v) is 49.2. The number of aliphatic hydroxyl groups is 1. The molecule has 23 nitrogen and oxygen atoms in total. The standard InChI is InChI=1S/C54H71ClN8O15S2/c1-30-14-12-15-39(73-11)54(72)28-38(75-51(71)56-54)32(3)49-53(8,77-49)40(27-46(68)62(10)37-26-35(24-30)25-31(2)48(37)55)76-50(70)34(5)61(9)43(65)21-23-79-80-52(6,7)29-41(64)59-57-33(4)36-17-18-42(60-58-36)74-22-13-16-47(69)78-63-44(66)19-20-45(63)67/h12,14-15,17-18,25-26,32,34,38-40,49,72H,13,16,19-24,27-29H2,1-11H3,(H,56,71)(H,59,64)/b15-12+,30-14+,57-33-/t32-,34+,38+,39-,40+,49+,53+,54+/m1/s1. The number of ether oxygens (including phenoxy) is 5. The Labute approximate surface area is 477 Å². The van der Waals surface area contributed by atoms with Gasteiger partial charge in [0.1, 0.15) is 35.6 Å². The first-order valence-corrected chi connectivity index (χ1v) is 28.8. The zero-order valence-electron chi connectivity index (χ0n) is 46.8. The molecule has 3 N–H and O–H groups in total. The van der Waals surface area contributed by atoms with Gasteiger partial charge in [-0.2, -0.15) is 5.10 Å². The van der Waals surface area contributed by atoms with Crippen LogP contribution in [0.1, 0.15) is 117 Å². The first kappa shape index (κ1) is 63.1. The van der Waals surface area contributed by atoms with E-state index in [2.05, 4.69) is 26.0 Å². The van der Waals surface area contributed by atoms with E-state index in [0.29, 0.717) is 39.4 Å². The fraction of sp³-hybridized carbons (Fsp3) is 0.574. The van der Waals surface area contributed by atoms with Crippen LogP contribution in [0.2, 0.25) is 5.02 Å². The van der Waals surface area contributed by atoms with Crippen molar-refractivity contribution in [3.8, 4) is 5.88 Å². The molecule has 4 aliphatic heterocycles. The second-order valence-corrected chi connectivity index (χ2v) is 24.6. The highest BCUT2D eigenvalue weighted by molar-refractivity contribution is 8.77. The van der Waals surface area contributed by atoms with Crippen LogP contribution in [-0.4, -0.2) is 159 Å². The number of carbonyl (C=O) groups excluding carboxylic acids is 8. The van der Waals surface area contributed by atoms with E-state index in [1.165, 1.54) is 52.5 Å². The molecule has 1 aromatic heterocycles. The molecule has 8 atom stereocenters. The van der Waals surface area contributed by atoms with Crippen molar-refractivity contribution < 1.29 is 72.0 Å². The number of benzene rings is 1. The van der Waals surface area contributed by atoms with Crippen LogP contribution in [0, 0.1) is 12.8 Å². The first-order valence-electron chi connectivity index (χ1n) is 26.1. The number of aryl methyl sites for hydroxylation is 1. The van der Waals surface area contributed by atoms with Crippen LogP contribution in [0.25, 0.3) is 0 Å². The van der Waals surface area contributed by atoms with Gasteiger partial charge in [-0.3, -0.25) is 29.3 Å². The Kier molecular flexibility index (Phi) is 21.4. The largest absolute Gasteiger partial charge is 0.477 e. The van der Waals surface area contributed by atoms with Crippen molar-refractivity contribution in [2.45, 2.75) is 160 Å². The van der Waals surface area contributed by atoms with Gasteiger partial charge in [0, 0.05) is 75.8 Å². The molecule has 0 saturated carbocycles. The van der Waals surface area contributed by atoms with E-state index in [-0.39, 0.29) is 75.7 Å². The van der Waals surface area contributed by atoms with Crippen molar-refractivity contribution in [2.24, 2.45) is 11.0 Å². The number of likely N-dealkylation sites (N-methyl/N-ethyl adjacent to an activating group) is 1. The van der Waals surface area contributed by atoms with Gasteiger partial charge in [-0.25, -0.2) is 19.8 Å². The summed E-state index contributed by atoms with van der Waals surface area (Å²) in [5.41, 5.74) is 3.17. The lowest BCUT2D eigenvalue weighted by atomic mass is 9.83. The Hall–Kier alpha value is -6.12. The monoisotopic (exact) mass is 1170 g/mol. The minimum Gasteiger partial charge on any atom is -0.477 e. The van der Waals surface area contributed by atoms with Gasteiger partial charge in [-0.05, 0) is 84.6 Å². The Morgan fingerprint density at radius 3 is 2.48 bits per heavy atom. The number of epoxide rings is 1. The van der Waals surface area contributed by atoms with Crippen molar-refractivity contribution in [3.63, 3.8) is 0 Å². The summed E-state index contributed by atoms with van der Waals surface area (Å²) in [6, 6.07) is 5.83. The predicted molar refractivity (Wildman–Crippen MR) is 297 cm³/mol.